The molecule has 1 amide bonds. The minimum atomic E-state index is 0.138. The first kappa shape index (κ1) is 13.4. The molecule has 1 unspecified atom stereocenters. The SMILES string of the molecule is O=C(CCc1ccc(Cl)cc1)NC1CCCNC1. The third-order valence-electron chi connectivity index (χ3n) is 3.22. The highest BCUT2D eigenvalue weighted by Gasteiger charge is 2.14. The molecule has 0 radical (unpaired) electrons. The van der Waals surface area contributed by atoms with Crippen LogP contribution in [0.15, 0.2) is 24.3 Å². The van der Waals surface area contributed by atoms with Gasteiger partial charge in [0.25, 0.3) is 0 Å². The Bertz CT molecular complexity index is 385. The minimum absolute atomic E-state index is 0.138. The Morgan fingerprint density at radius 3 is 2.83 bits per heavy atom. The molecule has 4 heteroatoms. The van der Waals surface area contributed by atoms with Crippen LogP contribution in [0, 0.1) is 0 Å². The summed E-state index contributed by atoms with van der Waals surface area (Å²) >= 11 is 5.82. The van der Waals surface area contributed by atoms with Gasteiger partial charge in [0.05, 0.1) is 0 Å². The lowest BCUT2D eigenvalue weighted by Gasteiger charge is -2.23. The molecule has 98 valence electrons. The Kier molecular flexibility index (Phi) is 5.02. The summed E-state index contributed by atoms with van der Waals surface area (Å²) in [6.07, 6.45) is 3.53. The van der Waals surface area contributed by atoms with Crippen LogP contribution < -0.4 is 10.6 Å². The van der Waals surface area contributed by atoms with Crippen molar-refractivity contribution in [1.29, 1.82) is 0 Å². The molecule has 1 aliphatic rings. The summed E-state index contributed by atoms with van der Waals surface area (Å²) in [6, 6.07) is 7.96. The smallest absolute Gasteiger partial charge is 0.220 e. The molecule has 1 atom stereocenters. The Balaban J connectivity index is 1.72. The second-order valence-electron chi connectivity index (χ2n) is 4.74. The van der Waals surface area contributed by atoms with Crippen molar-refractivity contribution < 1.29 is 4.79 Å². The van der Waals surface area contributed by atoms with Crippen molar-refractivity contribution in [3.63, 3.8) is 0 Å². The third kappa shape index (κ3) is 4.31. The topological polar surface area (TPSA) is 41.1 Å². The first-order valence-corrected chi connectivity index (χ1v) is 6.86. The minimum Gasteiger partial charge on any atom is -0.352 e. The molecular formula is C14H19ClN2O. The maximum Gasteiger partial charge on any atom is 0.220 e. The van der Waals surface area contributed by atoms with E-state index in [4.69, 9.17) is 11.6 Å². The highest BCUT2D eigenvalue weighted by atomic mass is 35.5. The molecule has 1 aromatic rings. The van der Waals surface area contributed by atoms with Crippen LogP contribution in [-0.4, -0.2) is 25.0 Å². The van der Waals surface area contributed by atoms with Gasteiger partial charge < -0.3 is 10.6 Å². The van der Waals surface area contributed by atoms with Crippen molar-refractivity contribution in [2.45, 2.75) is 31.7 Å². The second-order valence-corrected chi connectivity index (χ2v) is 5.17. The van der Waals surface area contributed by atoms with Crippen LogP contribution in [0.3, 0.4) is 0 Å². The molecule has 0 bridgehead atoms. The van der Waals surface area contributed by atoms with Gasteiger partial charge in [0, 0.05) is 24.0 Å². The van der Waals surface area contributed by atoms with Crippen molar-refractivity contribution in [3.8, 4) is 0 Å². The number of rotatable bonds is 4. The van der Waals surface area contributed by atoms with Gasteiger partial charge in [-0.3, -0.25) is 4.79 Å². The van der Waals surface area contributed by atoms with Gasteiger partial charge in [-0.2, -0.15) is 0 Å². The Labute approximate surface area is 113 Å². The summed E-state index contributed by atoms with van der Waals surface area (Å²) in [5.74, 6) is 0.138. The predicted octanol–water partition coefficient (Wildman–Crippen LogP) is 2.14. The lowest BCUT2D eigenvalue weighted by molar-refractivity contribution is -0.121. The Morgan fingerprint density at radius 2 is 2.17 bits per heavy atom. The fourth-order valence-corrected chi connectivity index (χ4v) is 2.31. The van der Waals surface area contributed by atoms with E-state index in [1.807, 2.05) is 24.3 Å². The van der Waals surface area contributed by atoms with Gasteiger partial charge >= 0.3 is 0 Å². The van der Waals surface area contributed by atoms with Gasteiger partial charge in [0.2, 0.25) is 5.91 Å². The van der Waals surface area contributed by atoms with Gasteiger partial charge in [-0.15, -0.1) is 0 Å². The molecule has 0 saturated carbocycles. The summed E-state index contributed by atoms with van der Waals surface area (Å²) < 4.78 is 0. The number of nitrogens with one attached hydrogen (secondary N) is 2. The molecule has 2 rings (SSSR count). The number of carbonyl (C=O) groups is 1. The number of hydrogen-bond donors (Lipinski definition) is 2. The summed E-state index contributed by atoms with van der Waals surface area (Å²) in [5.41, 5.74) is 1.15. The molecule has 0 spiro atoms. The average Bonchev–Trinajstić information content (AvgIpc) is 2.39. The zero-order chi connectivity index (χ0) is 12.8. The van der Waals surface area contributed by atoms with Crippen molar-refractivity contribution >= 4 is 17.5 Å². The quantitative estimate of drug-likeness (QED) is 0.877. The molecule has 2 N–H and O–H groups in total. The third-order valence-corrected chi connectivity index (χ3v) is 3.47. The number of amides is 1. The van der Waals surface area contributed by atoms with E-state index < -0.39 is 0 Å². The molecule has 1 heterocycles. The second kappa shape index (κ2) is 6.76. The van der Waals surface area contributed by atoms with E-state index in [0.717, 1.165) is 42.9 Å². The fraction of sp³-hybridized carbons (Fsp3) is 0.500. The summed E-state index contributed by atoms with van der Waals surface area (Å²) in [5, 5.41) is 7.10. The van der Waals surface area contributed by atoms with E-state index in [2.05, 4.69) is 10.6 Å². The van der Waals surface area contributed by atoms with Gasteiger partial charge in [-0.25, -0.2) is 0 Å². The standard InChI is InChI=1S/C14H19ClN2O/c15-12-6-3-11(4-7-12)5-8-14(18)17-13-2-1-9-16-10-13/h3-4,6-7,13,16H,1-2,5,8-10H2,(H,17,18). The number of benzene rings is 1. The molecule has 1 saturated heterocycles. The van der Waals surface area contributed by atoms with Crippen LogP contribution in [0.1, 0.15) is 24.8 Å². The van der Waals surface area contributed by atoms with Crippen molar-refractivity contribution in [3.05, 3.63) is 34.9 Å². The van der Waals surface area contributed by atoms with E-state index in [1.165, 1.54) is 0 Å². The zero-order valence-corrected chi connectivity index (χ0v) is 11.2. The number of hydrogen-bond acceptors (Lipinski definition) is 2. The molecule has 0 aliphatic carbocycles. The summed E-state index contributed by atoms with van der Waals surface area (Å²) in [6.45, 7) is 1.96. The predicted molar refractivity (Wildman–Crippen MR) is 73.8 cm³/mol. The lowest BCUT2D eigenvalue weighted by atomic mass is 10.1. The van der Waals surface area contributed by atoms with Crippen LogP contribution in [0.25, 0.3) is 0 Å². The molecule has 18 heavy (non-hydrogen) atoms. The van der Waals surface area contributed by atoms with E-state index >= 15 is 0 Å². The van der Waals surface area contributed by atoms with Crippen LogP contribution in [0.5, 0.6) is 0 Å². The highest BCUT2D eigenvalue weighted by molar-refractivity contribution is 6.30. The van der Waals surface area contributed by atoms with Gasteiger partial charge in [0.1, 0.15) is 0 Å². The highest BCUT2D eigenvalue weighted by Crippen LogP contribution is 2.11. The first-order valence-electron chi connectivity index (χ1n) is 6.48. The monoisotopic (exact) mass is 266 g/mol. The molecular weight excluding hydrogens is 248 g/mol. The molecule has 1 fully saturated rings. The average molecular weight is 267 g/mol. The Morgan fingerprint density at radius 1 is 1.39 bits per heavy atom. The number of halogens is 1. The number of piperidine rings is 1. The van der Waals surface area contributed by atoms with Crippen molar-refractivity contribution in [2.75, 3.05) is 13.1 Å². The molecule has 0 aromatic heterocycles. The Hall–Kier alpha value is -1.06. The van der Waals surface area contributed by atoms with Gasteiger partial charge in [0.15, 0.2) is 0 Å². The molecule has 1 aliphatic heterocycles. The summed E-state index contributed by atoms with van der Waals surface area (Å²) in [4.78, 5) is 11.8. The molecule has 1 aromatic carbocycles. The fourth-order valence-electron chi connectivity index (χ4n) is 2.18. The zero-order valence-electron chi connectivity index (χ0n) is 10.4. The normalized spacial score (nSPS) is 19.5. The largest absolute Gasteiger partial charge is 0.352 e. The van der Waals surface area contributed by atoms with Gasteiger partial charge in [-0.05, 0) is 43.5 Å². The van der Waals surface area contributed by atoms with Crippen LogP contribution in [0.2, 0.25) is 5.02 Å². The number of aryl methyl sites for hydroxylation is 1. The van der Waals surface area contributed by atoms with Crippen LogP contribution >= 0.6 is 11.6 Å². The van der Waals surface area contributed by atoms with Crippen LogP contribution in [-0.2, 0) is 11.2 Å². The maximum absolute atomic E-state index is 11.8. The van der Waals surface area contributed by atoms with Crippen LogP contribution in [0.4, 0.5) is 0 Å². The van der Waals surface area contributed by atoms with E-state index in [-0.39, 0.29) is 5.91 Å². The van der Waals surface area contributed by atoms with Gasteiger partial charge in [-0.1, -0.05) is 23.7 Å². The van der Waals surface area contributed by atoms with Crippen molar-refractivity contribution in [1.82, 2.24) is 10.6 Å². The molecule has 3 nitrogen and oxygen atoms in total. The van der Waals surface area contributed by atoms with Crippen molar-refractivity contribution in [2.24, 2.45) is 0 Å². The van der Waals surface area contributed by atoms with E-state index in [0.29, 0.717) is 12.5 Å². The first-order chi connectivity index (χ1) is 8.74. The lowest BCUT2D eigenvalue weighted by Crippen LogP contribution is -2.45. The number of carbonyl (C=O) groups excluding carboxylic acids is 1. The summed E-state index contributed by atoms with van der Waals surface area (Å²) in [7, 11) is 0. The van der Waals surface area contributed by atoms with E-state index in [9.17, 15) is 4.79 Å². The van der Waals surface area contributed by atoms with E-state index in [1.54, 1.807) is 0 Å². The maximum atomic E-state index is 11.8.